The number of hydrogen-bond acceptors (Lipinski definition) is 2. The monoisotopic (exact) mass is 321 g/mol. The van der Waals surface area contributed by atoms with Crippen molar-refractivity contribution in [3.8, 4) is 22.5 Å². The number of hydrogen-bond donors (Lipinski definition) is 1. The minimum atomic E-state index is -0.229. The molecule has 0 radical (unpaired) electrons. The number of aromatic amines is 1. The third kappa shape index (κ3) is 2.96. The van der Waals surface area contributed by atoms with Gasteiger partial charge in [0.2, 0.25) is 0 Å². The van der Waals surface area contributed by atoms with E-state index in [1.165, 1.54) is 44.2 Å². The van der Waals surface area contributed by atoms with E-state index >= 15 is 0 Å². The zero-order chi connectivity index (χ0) is 16.4. The first-order chi connectivity index (χ1) is 11.8. The van der Waals surface area contributed by atoms with Crippen LogP contribution in [0.5, 0.6) is 0 Å². The van der Waals surface area contributed by atoms with Gasteiger partial charge in [0.25, 0.3) is 0 Å². The number of rotatable bonds is 3. The molecule has 3 nitrogen and oxygen atoms in total. The van der Waals surface area contributed by atoms with Gasteiger partial charge in [0, 0.05) is 29.4 Å². The fourth-order valence-electron chi connectivity index (χ4n) is 3.51. The summed E-state index contributed by atoms with van der Waals surface area (Å²) in [6.45, 7) is 0. The van der Waals surface area contributed by atoms with Crippen LogP contribution in [0.2, 0.25) is 0 Å². The minimum absolute atomic E-state index is 0.229. The molecule has 0 atom stereocenters. The van der Waals surface area contributed by atoms with Gasteiger partial charge in [0.05, 0.1) is 11.4 Å². The summed E-state index contributed by atoms with van der Waals surface area (Å²) in [6.07, 6.45) is 9.79. The van der Waals surface area contributed by atoms with Crippen LogP contribution in [0.25, 0.3) is 22.5 Å². The van der Waals surface area contributed by atoms with Crippen molar-refractivity contribution in [1.29, 1.82) is 0 Å². The Morgan fingerprint density at radius 1 is 0.875 bits per heavy atom. The highest BCUT2D eigenvalue weighted by molar-refractivity contribution is 5.78. The molecule has 0 spiro atoms. The molecule has 0 unspecified atom stereocenters. The van der Waals surface area contributed by atoms with Gasteiger partial charge in [-0.1, -0.05) is 19.3 Å². The lowest BCUT2D eigenvalue weighted by molar-refractivity contribution is 0.431. The Labute approximate surface area is 141 Å². The van der Waals surface area contributed by atoms with Crippen molar-refractivity contribution in [2.24, 2.45) is 0 Å². The maximum Gasteiger partial charge on any atom is 0.123 e. The molecule has 0 bridgehead atoms. The molecule has 4 heteroatoms. The van der Waals surface area contributed by atoms with Gasteiger partial charge in [0.15, 0.2) is 0 Å². The molecular formula is C20H20FN3. The third-order valence-electron chi connectivity index (χ3n) is 4.80. The summed E-state index contributed by atoms with van der Waals surface area (Å²) in [5, 5.41) is 0. The summed E-state index contributed by atoms with van der Waals surface area (Å²) in [4.78, 5) is 12.6. The molecule has 0 saturated heterocycles. The molecule has 1 aliphatic carbocycles. The molecular weight excluding hydrogens is 301 g/mol. The van der Waals surface area contributed by atoms with Gasteiger partial charge in [-0.05, 0) is 49.2 Å². The largest absolute Gasteiger partial charge is 0.341 e. The Balaban J connectivity index is 1.80. The fraction of sp³-hybridized carbons (Fsp3) is 0.300. The van der Waals surface area contributed by atoms with E-state index in [2.05, 4.69) is 9.97 Å². The van der Waals surface area contributed by atoms with Crippen LogP contribution >= 0.6 is 0 Å². The average Bonchev–Trinajstić information content (AvgIpc) is 3.09. The van der Waals surface area contributed by atoms with Crippen molar-refractivity contribution >= 4 is 0 Å². The summed E-state index contributed by atoms with van der Waals surface area (Å²) in [5.74, 6) is 1.32. The van der Waals surface area contributed by atoms with E-state index in [-0.39, 0.29) is 5.82 Å². The van der Waals surface area contributed by atoms with Gasteiger partial charge < -0.3 is 4.98 Å². The van der Waals surface area contributed by atoms with Crippen LogP contribution in [-0.2, 0) is 0 Å². The van der Waals surface area contributed by atoms with Gasteiger partial charge in [-0.2, -0.15) is 0 Å². The molecule has 2 heterocycles. The minimum Gasteiger partial charge on any atom is -0.341 e. The van der Waals surface area contributed by atoms with Crippen molar-refractivity contribution < 1.29 is 4.39 Å². The molecule has 1 fully saturated rings. The zero-order valence-corrected chi connectivity index (χ0v) is 13.5. The van der Waals surface area contributed by atoms with E-state index in [9.17, 15) is 4.39 Å². The standard InChI is InChI=1S/C20H20FN3/c21-17-8-6-14(7-9-17)18-19(15-10-12-22-13-11-15)24-20(23-18)16-4-2-1-3-5-16/h6-13,16H,1-5H2,(H,23,24). The predicted octanol–water partition coefficient (Wildman–Crippen LogP) is 5.33. The van der Waals surface area contributed by atoms with Crippen LogP contribution in [0, 0.1) is 5.82 Å². The fourth-order valence-corrected chi connectivity index (χ4v) is 3.51. The highest BCUT2D eigenvalue weighted by Crippen LogP contribution is 2.36. The number of nitrogens with one attached hydrogen (secondary N) is 1. The van der Waals surface area contributed by atoms with E-state index in [0.717, 1.165) is 28.3 Å². The number of H-pyrrole nitrogens is 1. The van der Waals surface area contributed by atoms with E-state index in [0.29, 0.717) is 5.92 Å². The average molecular weight is 321 g/mol. The van der Waals surface area contributed by atoms with Crippen LogP contribution in [-0.4, -0.2) is 15.0 Å². The number of halogens is 1. The van der Waals surface area contributed by atoms with Crippen molar-refractivity contribution in [3.63, 3.8) is 0 Å². The molecule has 0 aliphatic heterocycles. The van der Waals surface area contributed by atoms with Crippen LogP contribution in [0.3, 0.4) is 0 Å². The lowest BCUT2D eigenvalue weighted by Crippen LogP contribution is -2.06. The number of imidazole rings is 1. The normalized spacial score (nSPS) is 15.5. The number of pyridine rings is 1. The van der Waals surface area contributed by atoms with Gasteiger partial charge in [0.1, 0.15) is 11.6 Å². The second-order valence-corrected chi connectivity index (χ2v) is 6.42. The van der Waals surface area contributed by atoms with E-state index in [1.807, 2.05) is 12.1 Å². The smallest absolute Gasteiger partial charge is 0.123 e. The van der Waals surface area contributed by atoms with E-state index in [4.69, 9.17) is 4.98 Å². The molecule has 122 valence electrons. The van der Waals surface area contributed by atoms with Crippen LogP contribution < -0.4 is 0 Å². The first-order valence-electron chi connectivity index (χ1n) is 8.57. The van der Waals surface area contributed by atoms with E-state index in [1.54, 1.807) is 24.5 Å². The summed E-state index contributed by atoms with van der Waals surface area (Å²) < 4.78 is 13.3. The van der Waals surface area contributed by atoms with Crippen LogP contribution in [0.1, 0.15) is 43.8 Å². The van der Waals surface area contributed by atoms with Crippen molar-refractivity contribution in [2.75, 3.05) is 0 Å². The predicted molar refractivity (Wildman–Crippen MR) is 93.0 cm³/mol. The van der Waals surface area contributed by atoms with Gasteiger partial charge in [-0.3, -0.25) is 4.98 Å². The van der Waals surface area contributed by atoms with Gasteiger partial charge >= 0.3 is 0 Å². The van der Waals surface area contributed by atoms with Crippen LogP contribution in [0.15, 0.2) is 48.8 Å². The quantitative estimate of drug-likeness (QED) is 0.709. The van der Waals surface area contributed by atoms with Gasteiger partial charge in [-0.15, -0.1) is 0 Å². The SMILES string of the molecule is Fc1ccc(-c2nc(C3CCCCC3)[nH]c2-c2ccncc2)cc1. The molecule has 2 aromatic heterocycles. The molecule has 1 aliphatic rings. The molecule has 1 aromatic carbocycles. The first-order valence-corrected chi connectivity index (χ1v) is 8.57. The molecule has 4 rings (SSSR count). The lowest BCUT2D eigenvalue weighted by Gasteiger charge is -2.19. The second-order valence-electron chi connectivity index (χ2n) is 6.42. The third-order valence-corrected chi connectivity index (χ3v) is 4.80. The molecule has 3 aromatic rings. The van der Waals surface area contributed by atoms with Crippen LogP contribution in [0.4, 0.5) is 4.39 Å². The Morgan fingerprint density at radius 3 is 2.29 bits per heavy atom. The first kappa shape index (κ1) is 15.1. The van der Waals surface area contributed by atoms with Crippen molar-refractivity contribution in [1.82, 2.24) is 15.0 Å². The Hall–Kier alpha value is -2.49. The molecule has 0 amide bonds. The molecule has 1 N–H and O–H groups in total. The summed E-state index contributed by atoms with van der Waals surface area (Å²) >= 11 is 0. The summed E-state index contributed by atoms with van der Waals surface area (Å²) in [7, 11) is 0. The summed E-state index contributed by atoms with van der Waals surface area (Å²) in [5.41, 5.74) is 3.87. The van der Waals surface area contributed by atoms with E-state index < -0.39 is 0 Å². The molecule has 1 saturated carbocycles. The maximum absolute atomic E-state index is 13.3. The number of aromatic nitrogens is 3. The van der Waals surface area contributed by atoms with Crippen molar-refractivity contribution in [2.45, 2.75) is 38.0 Å². The Morgan fingerprint density at radius 2 is 1.58 bits per heavy atom. The zero-order valence-electron chi connectivity index (χ0n) is 13.5. The summed E-state index contributed by atoms with van der Waals surface area (Å²) in [6, 6.07) is 10.5. The Bertz CT molecular complexity index is 803. The highest BCUT2D eigenvalue weighted by Gasteiger charge is 2.22. The molecule has 24 heavy (non-hydrogen) atoms. The Kier molecular flexibility index (Phi) is 4.11. The second kappa shape index (κ2) is 6.56. The number of nitrogens with zero attached hydrogens (tertiary/aromatic N) is 2. The van der Waals surface area contributed by atoms with Crippen molar-refractivity contribution in [3.05, 3.63) is 60.4 Å². The highest BCUT2D eigenvalue weighted by atomic mass is 19.1. The van der Waals surface area contributed by atoms with Gasteiger partial charge in [-0.25, -0.2) is 9.37 Å². The maximum atomic E-state index is 13.3. The number of benzene rings is 1. The lowest BCUT2D eigenvalue weighted by atomic mass is 9.89. The topological polar surface area (TPSA) is 41.6 Å².